The van der Waals surface area contributed by atoms with Gasteiger partial charge in [-0.2, -0.15) is 0 Å². The maximum Gasteiger partial charge on any atom is 0.302 e. The zero-order chi connectivity index (χ0) is 51.2. The number of allylic oxidation sites excluding steroid dienone is 2. The first-order valence-electron chi connectivity index (χ1n) is 29.4. The van der Waals surface area contributed by atoms with E-state index in [1.165, 1.54) is 120 Å². The van der Waals surface area contributed by atoms with Gasteiger partial charge >= 0.3 is 11.9 Å². The summed E-state index contributed by atoms with van der Waals surface area (Å²) in [4.78, 5) is 23.8. The minimum absolute atomic E-state index is 0.00000109. The van der Waals surface area contributed by atoms with Crippen molar-refractivity contribution in [3.8, 4) is 0 Å². The zero-order valence-electron chi connectivity index (χ0n) is 47.4. The maximum absolute atomic E-state index is 11.9. The second-order valence-electron chi connectivity index (χ2n) is 30.4. The standard InChI is InChI=1S/C34H54O4.C30H50O2/c1-21(2)24-12-17-34(20-37-22(3)35)19-18-32(8)25(29(24)34)10-11-27-31(7)15-14-28(38-23(4)36)30(5,6)26(31)13-16-33(27,32)9;1-19(2)20-10-15-30(18-31)17-16-28(6)21(25(20)30)8-9-23-27(5)13-12-24(32)26(3,4)22(27)11-14-29(23,28)7/h24-29H,1,10-20H2,2-9H3;20-25,31-32H,1,8-18H2,2-7H3/t24-,25?,26?,27?,28?,29?,31?,32+,33?,34?;20-,21?,22?,23?,24?,25?,27?,28+,29?,30?/m00/s1. The predicted molar refractivity (Wildman–Crippen MR) is 283 cm³/mol. The number of rotatable bonds is 6. The van der Waals surface area contributed by atoms with Crippen molar-refractivity contribution in [2.75, 3.05) is 13.2 Å². The summed E-state index contributed by atoms with van der Waals surface area (Å²) in [5.74, 6) is 6.09. The molecule has 20 atom stereocenters. The van der Waals surface area contributed by atoms with E-state index in [9.17, 15) is 19.8 Å². The molecule has 0 aromatic rings. The Morgan fingerprint density at radius 1 is 0.486 bits per heavy atom. The molecular weight excluding hydrogens is 865 g/mol. The van der Waals surface area contributed by atoms with Crippen molar-refractivity contribution < 1.29 is 29.3 Å². The molecule has 10 fully saturated rings. The molecule has 0 saturated heterocycles. The summed E-state index contributed by atoms with van der Waals surface area (Å²) in [5, 5.41) is 21.5. The van der Waals surface area contributed by atoms with Crippen molar-refractivity contribution in [1.82, 2.24) is 0 Å². The Labute approximate surface area is 427 Å². The van der Waals surface area contributed by atoms with Crippen LogP contribution in [0.3, 0.4) is 0 Å². The summed E-state index contributed by atoms with van der Waals surface area (Å²) in [6.07, 6.45) is 24.2. The molecule has 10 aliphatic rings. The smallest absolute Gasteiger partial charge is 0.302 e. The second-order valence-corrected chi connectivity index (χ2v) is 30.4. The van der Waals surface area contributed by atoms with E-state index in [1.807, 2.05) is 0 Å². The summed E-state index contributed by atoms with van der Waals surface area (Å²) in [6, 6.07) is 0. The Morgan fingerprint density at radius 2 is 0.943 bits per heavy atom. The lowest BCUT2D eigenvalue weighted by molar-refractivity contribution is -0.252. The van der Waals surface area contributed by atoms with Crippen molar-refractivity contribution in [1.29, 1.82) is 0 Å². The van der Waals surface area contributed by atoms with Crippen LogP contribution in [0.5, 0.6) is 0 Å². The molecule has 396 valence electrons. The van der Waals surface area contributed by atoms with E-state index in [0.717, 1.165) is 31.1 Å². The van der Waals surface area contributed by atoms with Crippen molar-refractivity contribution in [3.63, 3.8) is 0 Å². The predicted octanol–water partition coefficient (Wildman–Crippen LogP) is 15.1. The van der Waals surface area contributed by atoms with Crippen LogP contribution in [0.4, 0.5) is 0 Å². The summed E-state index contributed by atoms with van der Waals surface area (Å²) in [5.41, 5.74) is 4.90. The minimum Gasteiger partial charge on any atom is -0.465 e. The fraction of sp³-hybridized carbons (Fsp3) is 0.906. The quantitative estimate of drug-likeness (QED) is 0.203. The van der Waals surface area contributed by atoms with Crippen LogP contribution in [0.1, 0.15) is 225 Å². The van der Waals surface area contributed by atoms with Gasteiger partial charge in [-0.05, 0) is 245 Å². The van der Waals surface area contributed by atoms with Gasteiger partial charge in [0.05, 0.1) is 12.7 Å². The lowest BCUT2D eigenvalue weighted by atomic mass is 9.32. The largest absolute Gasteiger partial charge is 0.465 e. The highest BCUT2D eigenvalue weighted by Crippen LogP contribution is 2.80. The topological polar surface area (TPSA) is 93.1 Å². The van der Waals surface area contributed by atoms with Crippen LogP contribution in [0, 0.1) is 113 Å². The number of fused-ring (bicyclic) bond motifs is 14. The number of carbonyl (C=O) groups is 2. The molecule has 0 aliphatic heterocycles. The molecule has 10 rings (SSSR count). The summed E-state index contributed by atoms with van der Waals surface area (Å²) in [6.45, 7) is 42.8. The number of aliphatic hydroxyl groups is 2. The second kappa shape index (κ2) is 17.4. The molecule has 16 unspecified atom stereocenters. The Bertz CT molecular complexity index is 2070. The molecule has 0 amide bonds. The average molecular weight is 970 g/mol. The molecule has 6 nitrogen and oxygen atoms in total. The molecule has 70 heavy (non-hydrogen) atoms. The molecule has 0 radical (unpaired) electrons. The monoisotopic (exact) mass is 969 g/mol. The molecule has 10 saturated carbocycles. The fourth-order valence-corrected chi connectivity index (χ4v) is 23.7. The maximum atomic E-state index is 11.9. The van der Waals surface area contributed by atoms with Gasteiger partial charge in [-0.1, -0.05) is 93.5 Å². The Hall–Kier alpha value is -1.66. The highest BCUT2D eigenvalue weighted by Gasteiger charge is 2.73. The molecule has 0 aromatic heterocycles. The van der Waals surface area contributed by atoms with Gasteiger partial charge in [-0.3, -0.25) is 9.59 Å². The van der Waals surface area contributed by atoms with E-state index in [4.69, 9.17) is 9.47 Å². The van der Waals surface area contributed by atoms with Gasteiger partial charge in [0.2, 0.25) is 0 Å². The third-order valence-corrected chi connectivity index (χ3v) is 27.6. The number of hydrogen-bond acceptors (Lipinski definition) is 6. The van der Waals surface area contributed by atoms with Crippen LogP contribution in [-0.2, 0) is 19.1 Å². The van der Waals surface area contributed by atoms with E-state index >= 15 is 0 Å². The molecular formula is C64H104O6. The van der Waals surface area contributed by atoms with Gasteiger partial charge in [-0.25, -0.2) is 0 Å². The van der Waals surface area contributed by atoms with Gasteiger partial charge in [-0.15, -0.1) is 0 Å². The van der Waals surface area contributed by atoms with Gasteiger partial charge in [0.15, 0.2) is 0 Å². The van der Waals surface area contributed by atoms with E-state index in [1.54, 1.807) is 13.8 Å². The summed E-state index contributed by atoms with van der Waals surface area (Å²) in [7, 11) is 0. The first-order chi connectivity index (χ1) is 32.5. The number of aliphatic hydroxyl groups excluding tert-OH is 2. The highest BCUT2D eigenvalue weighted by molar-refractivity contribution is 5.66. The lowest BCUT2D eigenvalue weighted by Gasteiger charge is -2.73. The first-order valence-corrected chi connectivity index (χ1v) is 29.4. The third-order valence-electron chi connectivity index (χ3n) is 27.6. The van der Waals surface area contributed by atoms with Crippen molar-refractivity contribution >= 4 is 11.9 Å². The molecule has 6 heteroatoms. The number of hydrogen-bond donors (Lipinski definition) is 2. The van der Waals surface area contributed by atoms with Crippen molar-refractivity contribution in [2.24, 2.45) is 113 Å². The van der Waals surface area contributed by atoms with Crippen LogP contribution < -0.4 is 0 Å². The van der Waals surface area contributed by atoms with Gasteiger partial charge in [0.25, 0.3) is 0 Å². The van der Waals surface area contributed by atoms with Crippen LogP contribution in [0.2, 0.25) is 0 Å². The molecule has 2 N–H and O–H groups in total. The van der Waals surface area contributed by atoms with Crippen molar-refractivity contribution in [3.05, 3.63) is 24.3 Å². The minimum atomic E-state index is -0.147. The number of ether oxygens (including phenoxy) is 2. The third kappa shape index (κ3) is 7.27. The van der Waals surface area contributed by atoms with Crippen LogP contribution in [-0.4, -0.2) is 47.6 Å². The Balaban J connectivity index is 0.000000176. The van der Waals surface area contributed by atoms with E-state index in [-0.39, 0.29) is 56.6 Å². The van der Waals surface area contributed by atoms with Gasteiger partial charge < -0.3 is 19.7 Å². The molecule has 0 heterocycles. The molecule has 0 bridgehead atoms. The SMILES string of the molecule is C=C(C)[C@@H]1CCC2(CO)CC[C@]3(C)C(CCC4C5(C)CCC(O)C(C)(C)C5CCC43C)C12.C=C(C)[C@@H]1CCC2(COC(C)=O)CC[C@]3(C)C(CCC4C5(C)CCC(OC(C)=O)C(C)(C)C5CCC43C)C12. The first kappa shape index (κ1) is 53.2. The fourth-order valence-electron chi connectivity index (χ4n) is 23.7. The lowest BCUT2D eigenvalue weighted by Crippen LogP contribution is -2.67. The van der Waals surface area contributed by atoms with Crippen LogP contribution >= 0.6 is 0 Å². The van der Waals surface area contributed by atoms with Gasteiger partial charge in [0.1, 0.15) is 6.10 Å². The average Bonchev–Trinajstić information content (AvgIpc) is 3.87. The van der Waals surface area contributed by atoms with E-state index < -0.39 is 0 Å². The molecule has 10 aliphatic carbocycles. The van der Waals surface area contributed by atoms with Crippen molar-refractivity contribution in [2.45, 2.75) is 238 Å². The summed E-state index contributed by atoms with van der Waals surface area (Å²) < 4.78 is 11.7. The highest BCUT2D eigenvalue weighted by atomic mass is 16.5. The van der Waals surface area contributed by atoms with E-state index in [2.05, 4.69) is 96.2 Å². The van der Waals surface area contributed by atoms with Crippen LogP contribution in [0.15, 0.2) is 24.3 Å². The van der Waals surface area contributed by atoms with E-state index in [0.29, 0.717) is 82.2 Å². The number of carbonyl (C=O) groups excluding carboxylic acids is 2. The van der Waals surface area contributed by atoms with Gasteiger partial charge in [0, 0.05) is 31.3 Å². The zero-order valence-corrected chi connectivity index (χ0v) is 47.4. The summed E-state index contributed by atoms with van der Waals surface area (Å²) >= 11 is 0. The number of esters is 2. The Kier molecular flexibility index (Phi) is 13.3. The molecule has 0 spiro atoms. The molecule has 0 aromatic carbocycles. The normalized spacial score (nSPS) is 52.5. The van der Waals surface area contributed by atoms with Crippen LogP contribution in [0.25, 0.3) is 0 Å². The Morgan fingerprint density at radius 3 is 1.41 bits per heavy atom.